The molecule has 3 fully saturated rings. The van der Waals surface area contributed by atoms with Crippen LogP contribution < -0.4 is 10.2 Å². The first-order valence-corrected chi connectivity index (χ1v) is 10.5. The SMILES string of the molecule is CCN=C(NC1CC(OCC)C12CCC2)N1CCN(c2ncccn2)CC1.I. The van der Waals surface area contributed by atoms with Crippen molar-refractivity contribution < 1.29 is 4.74 Å². The molecule has 1 spiro atoms. The minimum atomic E-state index is 0. The molecule has 0 bridgehead atoms. The molecule has 0 amide bonds. The fraction of sp³-hybridized carbons (Fsp3) is 0.750. The third kappa shape index (κ3) is 4.08. The van der Waals surface area contributed by atoms with Crippen molar-refractivity contribution in [2.45, 2.75) is 51.7 Å². The summed E-state index contributed by atoms with van der Waals surface area (Å²) < 4.78 is 6.00. The van der Waals surface area contributed by atoms with Gasteiger partial charge in [-0.25, -0.2) is 9.97 Å². The molecule has 1 N–H and O–H groups in total. The van der Waals surface area contributed by atoms with E-state index < -0.39 is 0 Å². The van der Waals surface area contributed by atoms with Gasteiger partial charge in [0, 0.05) is 63.2 Å². The molecule has 2 saturated carbocycles. The molecule has 28 heavy (non-hydrogen) atoms. The normalized spacial score (nSPS) is 26.3. The Morgan fingerprint density at radius 3 is 2.50 bits per heavy atom. The van der Waals surface area contributed by atoms with Crippen LogP contribution in [-0.4, -0.2) is 72.3 Å². The second kappa shape index (κ2) is 9.56. The zero-order chi connectivity index (χ0) is 18.7. The Morgan fingerprint density at radius 2 is 1.93 bits per heavy atom. The summed E-state index contributed by atoms with van der Waals surface area (Å²) >= 11 is 0. The Kier molecular flexibility index (Phi) is 7.36. The Hall–Kier alpha value is -1.16. The number of nitrogens with zero attached hydrogens (tertiary/aromatic N) is 5. The van der Waals surface area contributed by atoms with Crippen molar-refractivity contribution in [3.05, 3.63) is 18.5 Å². The number of rotatable bonds is 5. The molecule has 1 aliphatic heterocycles. The van der Waals surface area contributed by atoms with Crippen LogP contribution in [0.25, 0.3) is 0 Å². The van der Waals surface area contributed by atoms with Gasteiger partial charge < -0.3 is 19.9 Å². The van der Waals surface area contributed by atoms with E-state index in [1.165, 1.54) is 19.3 Å². The van der Waals surface area contributed by atoms with Crippen LogP contribution in [0.2, 0.25) is 0 Å². The summed E-state index contributed by atoms with van der Waals surface area (Å²) in [7, 11) is 0. The molecule has 1 aromatic heterocycles. The Bertz CT molecular complexity index is 645. The van der Waals surface area contributed by atoms with Crippen molar-refractivity contribution in [3.63, 3.8) is 0 Å². The molecule has 7 nitrogen and oxygen atoms in total. The fourth-order valence-corrected chi connectivity index (χ4v) is 4.76. The van der Waals surface area contributed by atoms with Gasteiger partial charge in [-0.2, -0.15) is 0 Å². The summed E-state index contributed by atoms with van der Waals surface area (Å²) in [5.41, 5.74) is 0.351. The van der Waals surface area contributed by atoms with Crippen molar-refractivity contribution >= 4 is 35.9 Å². The molecule has 1 saturated heterocycles. The van der Waals surface area contributed by atoms with Gasteiger partial charge in [-0.15, -0.1) is 24.0 Å². The van der Waals surface area contributed by atoms with Crippen LogP contribution in [0.4, 0.5) is 5.95 Å². The van der Waals surface area contributed by atoms with Crippen molar-refractivity contribution in [3.8, 4) is 0 Å². The number of aromatic nitrogens is 2. The van der Waals surface area contributed by atoms with Gasteiger partial charge in [-0.3, -0.25) is 4.99 Å². The van der Waals surface area contributed by atoms with E-state index in [4.69, 9.17) is 9.73 Å². The number of nitrogens with one attached hydrogen (secondary N) is 1. The predicted molar refractivity (Wildman–Crippen MR) is 122 cm³/mol. The quantitative estimate of drug-likeness (QED) is 0.381. The van der Waals surface area contributed by atoms with Gasteiger partial charge in [0.25, 0.3) is 0 Å². The number of hydrogen-bond acceptors (Lipinski definition) is 5. The lowest BCUT2D eigenvalue weighted by Gasteiger charge is -2.61. The molecule has 2 aliphatic carbocycles. The lowest BCUT2D eigenvalue weighted by Crippen LogP contribution is -2.69. The molecule has 156 valence electrons. The number of aliphatic imine (C=N–C) groups is 1. The van der Waals surface area contributed by atoms with Gasteiger partial charge in [-0.05, 0) is 39.2 Å². The highest BCUT2D eigenvalue weighted by molar-refractivity contribution is 14.0. The van der Waals surface area contributed by atoms with E-state index in [0.29, 0.717) is 17.6 Å². The van der Waals surface area contributed by atoms with Gasteiger partial charge >= 0.3 is 0 Å². The Labute approximate surface area is 185 Å². The van der Waals surface area contributed by atoms with Gasteiger partial charge in [0.15, 0.2) is 5.96 Å². The second-order valence-electron chi connectivity index (χ2n) is 7.78. The highest BCUT2D eigenvalue weighted by Crippen LogP contribution is 2.57. The molecule has 2 atom stereocenters. The Balaban J connectivity index is 0.00000225. The highest BCUT2D eigenvalue weighted by atomic mass is 127. The van der Waals surface area contributed by atoms with Crippen LogP contribution in [0.3, 0.4) is 0 Å². The highest BCUT2D eigenvalue weighted by Gasteiger charge is 2.59. The molecule has 0 aromatic carbocycles. The van der Waals surface area contributed by atoms with Crippen LogP contribution in [0.1, 0.15) is 39.5 Å². The molecule has 4 rings (SSSR count). The summed E-state index contributed by atoms with van der Waals surface area (Å²) in [5.74, 6) is 1.89. The van der Waals surface area contributed by atoms with Crippen molar-refractivity contribution in [2.75, 3.05) is 44.2 Å². The zero-order valence-corrected chi connectivity index (χ0v) is 19.3. The first kappa shape index (κ1) is 21.5. The number of ether oxygens (including phenoxy) is 1. The number of hydrogen-bond donors (Lipinski definition) is 1. The maximum atomic E-state index is 6.00. The monoisotopic (exact) mass is 500 g/mol. The average molecular weight is 500 g/mol. The standard InChI is InChI=1S/C20H32N6O.HI/c1-3-21-19(24-16-15-17(27-4-2)20(16)7-5-8-20)26-13-11-25(12-14-26)18-22-9-6-10-23-18;/h6,9-10,16-17H,3-5,7-8,11-15H2,1-2H3,(H,21,24);1H. The smallest absolute Gasteiger partial charge is 0.225 e. The summed E-state index contributed by atoms with van der Waals surface area (Å²) in [5, 5.41) is 3.81. The lowest BCUT2D eigenvalue weighted by molar-refractivity contribution is -0.168. The number of halogens is 1. The largest absolute Gasteiger partial charge is 0.378 e. The van der Waals surface area contributed by atoms with E-state index in [0.717, 1.165) is 57.7 Å². The van der Waals surface area contributed by atoms with E-state index in [1.54, 1.807) is 0 Å². The van der Waals surface area contributed by atoms with Gasteiger partial charge in [-0.1, -0.05) is 6.42 Å². The van der Waals surface area contributed by atoms with Crippen LogP contribution in [-0.2, 0) is 4.74 Å². The van der Waals surface area contributed by atoms with Gasteiger partial charge in [0.2, 0.25) is 5.95 Å². The van der Waals surface area contributed by atoms with Crippen LogP contribution in [0.5, 0.6) is 0 Å². The molecule has 2 unspecified atom stereocenters. The van der Waals surface area contributed by atoms with E-state index in [2.05, 4.69) is 38.9 Å². The number of anilines is 1. The van der Waals surface area contributed by atoms with Crippen molar-refractivity contribution in [1.29, 1.82) is 0 Å². The van der Waals surface area contributed by atoms with Gasteiger partial charge in [0.1, 0.15) is 0 Å². The predicted octanol–water partition coefficient (Wildman–Crippen LogP) is 2.53. The van der Waals surface area contributed by atoms with E-state index in [1.807, 2.05) is 18.5 Å². The second-order valence-corrected chi connectivity index (χ2v) is 7.78. The zero-order valence-electron chi connectivity index (χ0n) is 17.0. The van der Waals surface area contributed by atoms with Gasteiger partial charge in [0.05, 0.1) is 6.10 Å². The molecule has 8 heteroatoms. The lowest BCUT2D eigenvalue weighted by atomic mass is 9.51. The molecular weight excluding hydrogens is 467 g/mol. The van der Waals surface area contributed by atoms with E-state index >= 15 is 0 Å². The van der Waals surface area contributed by atoms with E-state index in [-0.39, 0.29) is 24.0 Å². The summed E-state index contributed by atoms with van der Waals surface area (Å²) in [4.78, 5) is 18.2. The molecule has 2 heterocycles. The molecule has 3 aliphatic rings. The minimum Gasteiger partial charge on any atom is -0.378 e. The third-order valence-electron chi connectivity index (χ3n) is 6.46. The van der Waals surface area contributed by atoms with Crippen LogP contribution >= 0.6 is 24.0 Å². The maximum absolute atomic E-state index is 6.00. The van der Waals surface area contributed by atoms with Crippen LogP contribution in [0, 0.1) is 5.41 Å². The van der Waals surface area contributed by atoms with E-state index in [9.17, 15) is 0 Å². The maximum Gasteiger partial charge on any atom is 0.225 e. The summed E-state index contributed by atoms with van der Waals surface area (Å²) in [6.45, 7) is 9.57. The summed E-state index contributed by atoms with van der Waals surface area (Å²) in [6, 6.07) is 2.36. The van der Waals surface area contributed by atoms with Crippen molar-refractivity contribution in [2.24, 2.45) is 10.4 Å². The first-order chi connectivity index (χ1) is 13.3. The number of guanidine groups is 1. The Morgan fingerprint density at radius 1 is 1.21 bits per heavy atom. The molecule has 0 radical (unpaired) electrons. The third-order valence-corrected chi connectivity index (χ3v) is 6.46. The van der Waals surface area contributed by atoms with Crippen LogP contribution in [0.15, 0.2) is 23.5 Å². The van der Waals surface area contributed by atoms with Crippen molar-refractivity contribution in [1.82, 2.24) is 20.2 Å². The minimum absolute atomic E-state index is 0. The fourth-order valence-electron chi connectivity index (χ4n) is 4.76. The average Bonchev–Trinajstić information content (AvgIpc) is 2.66. The first-order valence-electron chi connectivity index (χ1n) is 10.5. The summed E-state index contributed by atoms with van der Waals surface area (Å²) in [6.07, 6.45) is 9.06. The topological polar surface area (TPSA) is 65.9 Å². The molecule has 1 aromatic rings. The molecular formula is C20H33IN6O. The number of piperazine rings is 1.